The van der Waals surface area contributed by atoms with Crippen LogP contribution in [0.15, 0.2) is 58.6 Å². The summed E-state index contributed by atoms with van der Waals surface area (Å²) in [5.74, 6) is -1.03. The van der Waals surface area contributed by atoms with E-state index in [1.807, 2.05) is 31.2 Å². The number of thiazole rings is 1. The molecule has 0 saturated heterocycles. The molecule has 0 bridgehead atoms. The molecule has 0 aliphatic carbocycles. The molecule has 2 aromatic carbocycles. The van der Waals surface area contributed by atoms with Crippen molar-refractivity contribution < 1.29 is 14.3 Å². The molecule has 0 saturated carbocycles. The number of amides is 1. The first-order chi connectivity index (χ1) is 15.5. The van der Waals surface area contributed by atoms with E-state index in [1.54, 1.807) is 31.2 Å². The minimum absolute atomic E-state index is 0.142. The quantitative estimate of drug-likeness (QED) is 0.359. The van der Waals surface area contributed by atoms with Gasteiger partial charge in [-0.15, -0.1) is 0 Å². The molecular weight excluding hydrogens is 424 g/mol. The van der Waals surface area contributed by atoms with E-state index in [-0.39, 0.29) is 11.9 Å². The molecule has 4 rings (SSSR count). The topological polar surface area (TPSA) is 84.2 Å². The first-order valence-corrected chi connectivity index (χ1v) is 11.4. The zero-order chi connectivity index (χ0) is 22.7. The van der Waals surface area contributed by atoms with Gasteiger partial charge in [0.1, 0.15) is 5.92 Å². The molecule has 0 spiro atoms. The Morgan fingerprint density at radius 3 is 2.59 bits per heavy atom. The van der Waals surface area contributed by atoms with E-state index in [0.717, 1.165) is 22.3 Å². The van der Waals surface area contributed by atoms with E-state index in [1.165, 1.54) is 16.3 Å². The number of para-hydroxylation sites is 1. The van der Waals surface area contributed by atoms with Crippen LogP contribution in [0, 0.1) is 5.92 Å². The van der Waals surface area contributed by atoms with E-state index in [2.05, 4.69) is 22.0 Å². The number of nitrogens with zero attached hydrogens (tertiary/aromatic N) is 4. The SMILES string of the molecule is CCCC1=NN(c2nc3ccccc3s2)C(=O)[C@@H]1C(C)=Nc1ccc(C(=O)OCC)cc1. The fraction of sp³-hybridized carbons (Fsp3) is 0.292. The van der Waals surface area contributed by atoms with Gasteiger partial charge in [-0.25, -0.2) is 9.78 Å². The summed E-state index contributed by atoms with van der Waals surface area (Å²) in [6.45, 7) is 6.00. The van der Waals surface area contributed by atoms with Gasteiger partial charge in [-0.1, -0.05) is 36.8 Å². The smallest absolute Gasteiger partial charge is 0.338 e. The summed E-state index contributed by atoms with van der Waals surface area (Å²) in [5, 5.41) is 6.62. The third-order valence-electron chi connectivity index (χ3n) is 5.09. The largest absolute Gasteiger partial charge is 0.462 e. The summed E-state index contributed by atoms with van der Waals surface area (Å²) in [4.78, 5) is 34.5. The average Bonchev–Trinajstić information content (AvgIpc) is 3.35. The fourth-order valence-corrected chi connectivity index (χ4v) is 4.54. The third kappa shape index (κ3) is 4.31. The lowest BCUT2D eigenvalue weighted by molar-refractivity contribution is -0.118. The molecule has 32 heavy (non-hydrogen) atoms. The second-order valence-corrected chi connectivity index (χ2v) is 8.42. The second kappa shape index (κ2) is 9.40. The van der Waals surface area contributed by atoms with Crippen LogP contribution in [0.1, 0.15) is 44.0 Å². The summed E-state index contributed by atoms with van der Waals surface area (Å²) < 4.78 is 6.03. The van der Waals surface area contributed by atoms with Crippen LogP contribution in [0.5, 0.6) is 0 Å². The molecule has 0 fully saturated rings. The van der Waals surface area contributed by atoms with E-state index < -0.39 is 5.92 Å². The number of hydrazone groups is 1. The Balaban J connectivity index is 1.60. The minimum Gasteiger partial charge on any atom is -0.462 e. The lowest BCUT2D eigenvalue weighted by Gasteiger charge is -2.12. The number of anilines is 1. The zero-order valence-electron chi connectivity index (χ0n) is 18.2. The number of aliphatic imine (C=N–C) groups is 1. The molecule has 0 radical (unpaired) electrons. The molecular formula is C24H24N4O3S. The van der Waals surface area contributed by atoms with Crippen molar-refractivity contribution in [1.29, 1.82) is 0 Å². The molecule has 0 unspecified atom stereocenters. The number of rotatable bonds is 7. The van der Waals surface area contributed by atoms with Crippen LogP contribution in [0.4, 0.5) is 10.8 Å². The van der Waals surface area contributed by atoms with Crippen molar-refractivity contribution in [2.75, 3.05) is 11.6 Å². The molecule has 2 heterocycles. The second-order valence-electron chi connectivity index (χ2n) is 7.41. The van der Waals surface area contributed by atoms with Crippen LogP contribution >= 0.6 is 11.3 Å². The molecule has 7 nitrogen and oxygen atoms in total. The summed E-state index contributed by atoms with van der Waals surface area (Å²) in [7, 11) is 0. The maximum Gasteiger partial charge on any atom is 0.338 e. The monoisotopic (exact) mass is 448 g/mol. The summed E-state index contributed by atoms with van der Waals surface area (Å²) in [6.07, 6.45) is 1.57. The third-order valence-corrected chi connectivity index (χ3v) is 6.10. The summed E-state index contributed by atoms with van der Waals surface area (Å²) in [5.41, 5.74) is 3.44. The van der Waals surface area contributed by atoms with Crippen molar-refractivity contribution in [2.45, 2.75) is 33.6 Å². The van der Waals surface area contributed by atoms with E-state index in [0.29, 0.717) is 35.1 Å². The molecule has 8 heteroatoms. The van der Waals surface area contributed by atoms with Gasteiger partial charge in [0.25, 0.3) is 5.91 Å². The van der Waals surface area contributed by atoms with Gasteiger partial charge < -0.3 is 4.74 Å². The maximum absolute atomic E-state index is 13.4. The molecule has 1 aliphatic heterocycles. The number of carbonyl (C=O) groups excluding carboxylic acids is 2. The minimum atomic E-state index is -0.522. The van der Waals surface area contributed by atoms with Crippen LogP contribution in [-0.2, 0) is 9.53 Å². The van der Waals surface area contributed by atoms with E-state index in [9.17, 15) is 9.59 Å². The van der Waals surface area contributed by atoms with Crippen molar-refractivity contribution >= 4 is 55.7 Å². The number of aromatic nitrogens is 1. The first-order valence-electron chi connectivity index (χ1n) is 10.6. The Bertz CT molecular complexity index is 1180. The van der Waals surface area contributed by atoms with Crippen LogP contribution < -0.4 is 5.01 Å². The number of fused-ring (bicyclic) bond motifs is 1. The van der Waals surface area contributed by atoms with Gasteiger partial charge in [-0.3, -0.25) is 9.79 Å². The zero-order valence-corrected chi connectivity index (χ0v) is 19.1. The maximum atomic E-state index is 13.4. The van der Waals surface area contributed by atoms with Gasteiger partial charge in [0.15, 0.2) is 0 Å². The Labute approximate surface area is 190 Å². The van der Waals surface area contributed by atoms with Gasteiger partial charge in [0.2, 0.25) is 5.13 Å². The highest BCUT2D eigenvalue weighted by atomic mass is 32.1. The van der Waals surface area contributed by atoms with E-state index >= 15 is 0 Å². The molecule has 164 valence electrons. The Kier molecular flexibility index (Phi) is 6.41. The summed E-state index contributed by atoms with van der Waals surface area (Å²) in [6, 6.07) is 14.6. The van der Waals surface area contributed by atoms with Crippen molar-refractivity contribution in [3.63, 3.8) is 0 Å². The standard InChI is InChI=1S/C24H24N4O3S/c1-4-8-19-21(15(3)25-17-13-11-16(12-14-17)23(30)31-5-2)22(29)28(27-19)24-26-18-9-6-7-10-20(18)32-24/h6-7,9-14,21H,4-5,8H2,1-3H3/t21-/m1/s1. The predicted molar refractivity (Wildman–Crippen MR) is 128 cm³/mol. The molecule has 1 atom stereocenters. The highest BCUT2D eigenvalue weighted by Gasteiger charge is 2.39. The normalized spacial score (nSPS) is 16.5. The first kappa shape index (κ1) is 21.8. The average molecular weight is 449 g/mol. The number of hydrogen-bond donors (Lipinski definition) is 0. The van der Waals surface area contributed by atoms with Gasteiger partial charge in [-0.05, 0) is 56.7 Å². The van der Waals surface area contributed by atoms with Crippen LogP contribution in [0.25, 0.3) is 10.2 Å². The van der Waals surface area contributed by atoms with Crippen LogP contribution in [0.3, 0.4) is 0 Å². The number of esters is 1. The van der Waals surface area contributed by atoms with Crippen molar-refractivity contribution in [1.82, 2.24) is 4.98 Å². The number of ether oxygens (including phenoxy) is 1. The molecule has 1 aliphatic rings. The highest BCUT2D eigenvalue weighted by Crippen LogP contribution is 2.33. The van der Waals surface area contributed by atoms with Crippen molar-refractivity contribution in [3.8, 4) is 0 Å². The lowest BCUT2D eigenvalue weighted by Crippen LogP contribution is -2.32. The van der Waals surface area contributed by atoms with Gasteiger partial charge in [-0.2, -0.15) is 10.1 Å². The predicted octanol–water partition coefficient (Wildman–Crippen LogP) is 5.38. The van der Waals surface area contributed by atoms with Crippen LogP contribution in [0.2, 0.25) is 0 Å². The molecule has 3 aromatic rings. The highest BCUT2D eigenvalue weighted by molar-refractivity contribution is 7.22. The molecule has 1 amide bonds. The van der Waals surface area contributed by atoms with Gasteiger partial charge in [0.05, 0.1) is 33.8 Å². The number of benzene rings is 2. The lowest BCUT2D eigenvalue weighted by atomic mass is 9.95. The Morgan fingerprint density at radius 1 is 1.16 bits per heavy atom. The van der Waals surface area contributed by atoms with Crippen LogP contribution in [-0.4, -0.2) is 34.9 Å². The number of hydrogen-bond acceptors (Lipinski definition) is 7. The van der Waals surface area contributed by atoms with Crippen molar-refractivity contribution in [2.24, 2.45) is 16.0 Å². The molecule has 0 N–H and O–H groups in total. The Morgan fingerprint density at radius 2 is 1.91 bits per heavy atom. The van der Waals surface area contributed by atoms with Gasteiger partial charge >= 0.3 is 5.97 Å². The fourth-order valence-electron chi connectivity index (χ4n) is 3.61. The Hall–Kier alpha value is -3.39. The van der Waals surface area contributed by atoms with Crippen molar-refractivity contribution in [3.05, 3.63) is 54.1 Å². The number of carbonyl (C=O) groups is 2. The van der Waals surface area contributed by atoms with E-state index in [4.69, 9.17) is 4.74 Å². The summed E-state index contributed by atoms with van der Waals surface area (Å²) >= 11 is 1.45. The van der Waals surface area contributed by atoms with Gasteiger partial charge in [0, 0.05) is 5.71 Å². The molecule has 1 aromatic heterocycles.